The number of hydrogen-bond donors (Lipinski definition) is 3. The van der Waals surface area contributed by atoms with Crippen molar-refractivity contribution < 1.29 is 14.6 Å². The van der Waals surface area contributed by atoms with Crippen molar-refractivity contribution in [3.63, 3.8) is 0 Å². The summed E-state index contributed by atoms with van der Waals surface area (Å²) in [5, 5.41) is 16.5. The lowest BCUT2D eigenvalue weighted by Crippen LogP contribution is -2.36. The van der Waals surface area contributed by atoms with Gasteiger partial charge in [-0.3, -0.25) is 0 Å². The Morgan fingerprint density at radius 2 is 1.48 bits per heavy atom. The van der Waals surface area contributed by atoms with Gasteiger partial charge in [0.15, 0.2) is 0 Å². The quantitative estimate of drug-likeness (QED) is 0.514. The zero-order valence-electron chi connectivity index (χ0n) is 14.7. The second kappa shape index (κ2) is 11.6. The molecular weight excluding hydrogens is 316 g/mol. The summed E-state index contributed by atoms with van der Waals surface area (Å²) in [5.41, 5.74) is 1.17. The van der Waals surface area contributed by atoms with Gasteiger partial charge in [-0.2, -0.15) is 0 Å². The highest BCUT2D eigenvalue weighted by molar-refractivity contribution is 5.21. The molecule has 0 spiro atoms. The van der Waals surface area contributed by atoms with Crippen molar-refractivity contribution in [2.24, 2.45) is 0 Å². The van der Waals surface area contributed by atoms with Gasteiger partial charge in [-0.15, -0.1) is 0 Å². The second-order valence-electron chi connectivity index (χ2n) is 5.82. The van der Waals surface area contributed by atoms with E-state index in [0.717, 1.165) is 25.4 Å². The van der Waals surface area contributed by atoms with Crippen LogP contribution in [0.4, 0.5) is 0 Å². The molecule has 2 atom stereocenters. The molecule has 0 heterocycles. The van der Waals surface area contributed by atoms with Crippen molar-refractivity contribution in [3.8, 4) is 5.75 Å². The van der Waals surface area contributed by atoms with Crippen molar-refractivity contribution in [1.82, 2.24) is 10.6 Å². The first-order valence-corrected chi connectivity index (χ1v) is 8.64. The van der Waals surface area contributed by atoms with Gasteiger partial charge in [0, 0.05) is 33.3 Å². The standard InChI is InChI=1S/C20H28N2O3/c1-24-20(17-8-4-2-5-9-17)15-22-13-12-21-14-18(23)16-25-19-10-6-3-7-11-19/h2-11,18,20-23H,12-16H2,1H3. The van der Waals surface area contributed by atoms with Crippen LogP contribution >= 0.6 is 0 Å². The summed E-state index contributed by atoms with van der Waals surface area (Å²) < 4.78 is 11.0. The SMILES string of the molecule is COC(CNCCNCC(O)COc1ccccc1)c1ccccc1. The van der Waals surface area contributed by atoms with E-state index in [9.17, 15) is 5.11 Å². The Labute approximate surface area is 150 Å². The molecule has 0 aromatic heterocycles. The monoisotopic (exact) mass is 344 g/mol. The van der Waals surface area contributed by atoms with Crippen LogP contribution in [-0.2, 0) is 4.74 Å². The van der Waals surface area contributed by atoms with E-state index in [1.807, 2.05) is 48.5 Å². The van der Waals surface area contributed by atoms with E-state index in [1.165, 1.54) is 5.56 Å². The molecule has 0 aliphatic heterocycles. The average Bonchev–Trinajstić information content (AvgIpc) is 2.67. The molecule has 2 aromatic carbocycles. The number of benzene rings is 2. The molecule has 0 aliphatic carbocycles. The number of nitrogens with one attached hydrogen (secondary N) is 2. The molecule has 0 amide bonds. The van der Waals surface area contributed by atoms with E-state index in [-0.39, 0.29) is 12.7 Å². The zero-order valence-corrected chi connectivity index (χ0v) is 14.7. The van der Waals surface area contributed by atoms with E-state index in [1.54, 1.807) is 7.11 Å². The first-order valence-electron chi connectivity index (χ1n) is 8.64. The van der Waals surface area contributed by atoms with Gasteiger partial charge in [0.05, 0.1) is 6.10 Å². The van der Waals surface area contributed by atoms with Gasteiger partial charge < -0.3 is 25.2 Å². The summed E-state index contributed by atoms with van der Waals surface area (Å²) in [7, 11) is 1.72. The van der Waals surface area contributed by atoms with Gasteiger partial charge in [0.1, 0.15) is 18.5 Å². The van der Waals surface area contributed by atoms with Crippen LogP contribution in [0, 0.1) is 0 Å². The maximum absolute atomic E-state index is 9.91. The van der Waals surface area contributed by atoms with Crippen LogP contribution in [0.15, 0.2) is 60.7 Å². The molecule has 5 heteroatoms. The third-order valence-electron chi connectivity index (χ3n) is 3.83. The molecule has 0 saturated heterocycles. The van der Waals surface area contributed by atoms with Crippen LogP contribution < -0.4 is 15.4 Å². The van der Waals surface area contributed by atoms with E-state index < -0.39 is 6.10 Å². The lowest BCUT2D eigenvalue weighted by atomic mass is 10.1. The first-order chi connectivity index (χ1) is 12.3. The molecule has 2 unspecified atom stereocenters. The van der Waals surface area contributed by atoms with Crippen molar-refractivity contribution in [1.29, 1.82) is 0 Å². The molecule has 5 nitrogen and oxygen atoms in total. The van der Waals surface area contributed by atoms with Gasteiger partial charge in [-0.05, 0) is 17.7 Å². The lowest BCUT2D eigenvalue weighted by Gasteiger charge is -2.17. The first kappa shape index (κ1) is 19.4. The number of aliphatic hydroxyl groups is 1. The third-order valence-corrected chi connectivity index (χ3v) is 3.83. The van der Waals surface area contributed by atoms with E-state index in [4.69, 9.17) is 9.47 Å². The van der Waals surface area contributed by atoms with Crippen LogP contribution in [-0.4, -0.2) is 51.1 Å². The van der Waals surface area contributed by atoms with Crippen LogP contribution in [0.3, 0.4) is 0 Å². The van der Waals surface area contributed by atoms with Gasteiger partial charge in [-0.1, -0.05) is 48.5 Å². The van der Waals surface area contributed by atoms with Gasteiger partial charge in [0.25, 0.3) is 0 Å². The molecule has 0 saturated carbocycles. The number of hydrogen-bond acceptors (Lipinski definition) is 5. The second-order valence-corrected chi connectivity index (χ2v) is 5.82. The fourth-order valence-corrected chi connectivity index (χ4v) is 2.45. The molecule has 0 bridgehead atoms. The minimum absolute atomic E-state index is 0.0473. The van der Waals surface area contributed by atoms with E-state index in [2.05, 4.69) is 22.8 Å². The predicted molar refractivity (Wildman–Crippen MR) is 99.9 cm³/mol. The van der Waals surface area contributed by atoms with E-state index >= 15 is 0 Å². The molecule has 2 aromatic rings. The number of aliphatic hydroxyl groups excluding tert-OH is 1. The third kappa shape index (κ3) is 7.67. The number of rotatable bonds is 12. The Hall–Kier alpha value is -1.92. The minimum Gasteiger partial charge on any atom is -0.491 e. The molecule has 25 heavy (non-hydrogen) atoms. The highest BCUT2D eigenvalue weighted by Gasteiger charge is 2.09. The van der Waals surface area contributed by atoms with Crippen molar-refractivity contribution >= 4 is 0 Å². The molecular formula is C20H28N2O3. The number of ether oxygens (including phenoxy) is 2. The van der Waals surface area contributed by atoms with Gasteiger partial charge in [-0.25, -0.2) is 0 Å². The summed E-state index contributed by atoms with van der Waals surface area (Å²) in [6.07, 6.45) is -0.484. The maximum atomic E-state index is 9.91. The summed E-state index contributed by atoms with van der Waals surface area (Å²) in [6.45, 7) is 3.11. The normalized spacial score (nSPS) is 13.4. The summed E-state index contributed by atoms with van der Waals surface area (Å²) in [4.78, 5) is 0. The van der Waals surface area contributed by atoms with Crippen molar-refractivity contribution in [2.75, 3.05) is 39.9 Å². The van der Waals surface area contributed by atoms with Crippen LogP contribution in [0.2, 0.25) is 0 Å². The van der Waals surface area contributed by atoms with Crippen LogP contribution in [0.25, 0.3) is 0 Å². The summed E-state index contributed by atoms with van der Waals surface area (Å²) >= 11 is 0. The Morgan fingerprint density at radius 1 is 0.880 bits per heavy atom. The summed E-state index contributed by atoms with van der Waals surface area (Å²) in [6, 6.07) is 19.7. The lowest BCUT2D eigenvalue weighted by molar-refractivity contribution is 0.101. The van der Waals surface area contributed by atoms with Gasteiger partial charge >= 0.3 is 0 Å². The Bertz CT molecular complexity index is 566. The van der Waals surface area contributed by atoms with Gasteiger partial charge in [0.2, 0.25) is 0 Å². The number of methoxy groups -OCH3 is 1. The fourth-order valence-electron chi connectivity index (χ4n) is 2.45. The van der Waals surface area contributed by atoms with Crippen molar-refractivity contribution in [3.05, 3.63) is 66.2 Å². The van der Waals surface area contributed by atoms with Crippen molar-refractivity contribution in [2.45, 2.75) is 12.2 Å². The number of para-hydroxylation sites is 1. The molecule has 0 aliphatic rings. The van der Waals surface area contributed by atoms with Crippen LogP contribution in [0.1, 0.15) is 11.7 Å². The largest absolute Gasteiger partial charge is 0.491 e. The zero-order chi connectivity index (χ0) is 17.7. The minimum atomic E-state index is -0.531. The molecule has 2 rings (SSSR count). The Balaban J connectivity index is 1.52. The molecule has 3 N–H and O–H groups in total. The van der Waals surface area contributed by atoms with Crippen LogP contribution in [0.5, 0.6) is 5.75 Å². The maximum Gasteiger partial charge on any atom is 0.119 e. The predicted octanol–water partition coefficient (Wildman–Crippen LogP) is 1.99. The Morgan fingerprint density at radius 3 is 2.12 bits per heavy atom. The summed E-state index contributed by atoms with van der Waals surface area (Å²) in [5.74, 6) is 0.773. The molecule has 0 radical (unpaired) electrons. The highest BCUT2D eigenvalue weighted by Crippen LogP contribution is 2.14. The highest BCUT2D eigenvalue weighted by atomic mass is 16.5. The smallest absolute Gasteiger partial charge is 0.119 e. The molecule has 0 fully saturated rings. The molecule has 136 valence electrons. The van der Waals surface area contributed by atoms with E-state index in [0.29, 0.717) is 6.54 Å². The Kier molecular flexibility index (Phi) is 9.01. The fraction of sp³-hybridized carbons (Fsp3) is 0.400. The average molecular weight is 344 g/mol. The topological polar surface area (TPSA) is 62.8 Å².